The molecule has 20 aromatic rings. The Bertz CT molecular complexity index is 8100. The Hall–Kier alpha value is -16.5. The fourth-order valence-electron chi connectivity index (χ4n) is 25.0. The average molecular weight is 1900 g/mol. The van der Waals surface area contributed by atoms with Gasteiger partial charge in [-0.15, -0.1) is 0 Å². The first-order valence-electron chi connectivity index (χ1n) is 52.2. The summed E-state index contributed by atoms with van der Waals surface area (Å²) in [4.78, 5) is 9.44. The molecule has 2 atom stereocenters. The SMILES string of the molecule is CC(C)(C)c1ccc(C2(c3ccc4c(c3)CC4)c3ccccc3-c3ccc(N(c4ccc(F)cc4)c4ccc(-c5ccc(N(c6ccccc6)c6ccc7c(c6)C(c6ccc(C(C)(C)C)cc6)(c6ccc8c(c6)CC8)c6cc(N(c8ccccc8)c8ccc(-c9ccc(N(c%10ccc(F)cc%10)c%10ccc%11c(c%10)C(c%10ccc(C(C)(C)C)cc%10)(c%10ccc%12c(c%10)CC%12)c%10ccccc%10-%11)cc9)cc8)ccc6-7)cc5)cc4)cc32)cc1. The van der Waals surface area contributed by atoms with Gasteiger partial charge in [0.1, 0.15) is 11.6 Å². The molecular weight excluding hydrogens is 1790 g/mol. The maximum absolute atomic E-state index is 15.3. The number of hydrogen-bond acceptors (Lipinski definition) is 4. The van der Waals surface area contributed by atoms with Crippen LogP contribution in [0.2, 0.25) is 0 Å². The molecule has 0 radical (unpaired) electrons. The van der Waals surface area contributed by atoms with E-state index in [1.807, 2.05) is 24.3 Å². The predicted molar refractivity (Wildman–Crippen MR) is 606 cm³/mol. The summed E-state index contributed by atoms with van der Waals surface area (Å²) in [6, 6.07) is 168. The number of halogens is 2. The average Bonchev–Trinajstić information content (AvgIpc) is 1.55. The van der Waals surface area contributed by atoms with E-state index in [9.17, 15) is 0 Å². The minimum atomic E-state index is -0.802. The third-order valence-corrected chi connectivity index (χ3v) is 33.0. The molecular formula is C141H114F2N4. The van der Waals surface area contributed by atoms with Gasteiger partial charge in [0.15, 0.2) is 0 Å². The molecule has 0 bridgehead atoms. The van der Waals surface area contributed by atoms with E-state index in [1.54, 1.807) is 24.3 Å². The molecule has 6 aliphatic rings. The molecule has 6 aliphatic carbocycles. The van der Waals surface area contributed by atoms with Crippen LogP contribution < -0.4 is 19.6 Å². The number of para-hydroxylation sites is 2. The van der Waals surface area contributed by atoms with E-state index in [4.69, 9.17) is 0 Å². The summed E-state index contributed by atoms with van der Waals surface area (Å²) in [5.74, 6) is -0.565. The highest BCUT2D eigenvalue weighted by Crippen LogP contribution is 2.64. The summed E-state index contributed by atoms with van der Waals surface area (Å²) in [6.07, 6.45) is 6.46. The van der Waals surface area contributed by atoms with Crippen molar-refractivity contribution in [3.8, 4) is 55.6 Å². The van der Waals surface area contributed by atoms with Crippen LogP contribution >= 0.6 is 0 Å². The van der Waals surface area contributed by atoms with Crippen molar-refractivity contribution in [1.82, 2.24) is 0 Å². The van der Waals surface area contributed by atoms with Gasteiger partial charge in [-0.3, -0.25) is 0 Å². The van der Waals surface area contributed by atoms with Crippen LogP contribution in [-0.4, -0.2) is 0 Å². The topological polar surface area (TPSA) is 13.0 Å². The molecule has 2 unspecified atom stereocenters. The van der Waals surface area contributed by atoms with E-state index in [-0.39, 0.29) is 27.9 Å². The zero-order valence-electron chi connectivity index (χ0n) is 84.6. The molecule has 0 saturated carbocycles. The van der Waals surface area contributed by atoms with Crippen molar-refractivity contribution in [2.75, 3.05) is 19.6 Å². The summed E-state index contributed by atoms with van der Waals surface area (Å²) in [7, 11) is 0. The summed E-state index contributed by atoms with van der Waals surface area (Å²) < 4.78 is 30.6. The lowest BCUT2D eigenvalue weighted by molar-refractivity contribution is 0.589. The van der Waals surface area contributed by atoms with E-state index < -0.39 is 16.2 Å². The van der Waals surface area contributed by atoms with Crippen molar-refractivity contribution < 1.29 is 8.78 Å². The number of fused-ring (bicyclic) bond motifs is 12. The first-order valence-corrected chi connectivity index (χ1v) is 52.2. The highest BCUT2D eigenvalue weighted by Gasteiger charge is 2.52. The molecule has 0 aromatic heterocycles. The van der Waals surface area contributed by atoms with Gasteiger partial charge in [0.2, 0.25) is 0 Å². The van der Waals surface area contributed by atoms with E-state index in [0.29, 0.717) is 0 Å². The van der Waals surface area contributed by atoms with E-state index in [1.165, 1.54) is 150 Å². The molecule has 4 nitrogen and oxygen atoms in total. The predicted octanol–water partition coefficient (Wildman–Crippen LogP) is 36.5. The monoisotopic (exact) mass is 1900 g/mol. The van der Waals surface area contributed by atoms with Crippen LogP contribution in [0.4, 0.5) is 77.0 Å². The highest BCUT2D eigenvalue weighted by atomic mass is 19.1. The first kappa shape index (κ1) is 90.5. The Morgan fingerprint density at radius 2 is 0.374 bits per heavy atom. The fraction of sp³-hybridized carbons (Fsp3) is 0.149. The van der Waals surface area contributed by atoms with Gasteiger partial charge in [-0.25, -0.2) is 8.78 Å². The van der Waals surface area contributed by atoms with Crippen molar-refractivity contribution in [1.29, 1.82) is 0 Å². The van der Waals surface area contributed by atoms with Gasteiger partial charge in [-0.1, -0.05) is 347 Å². The maximum Gasteiger partial charge on any atom is 0.123 e. The Kier molecular flexibility index (Phi) is 21.5. The molecule has 712 valence electrons. The van der Waals surface area contributed by atoms with Gasteiger partial charge in [-0.05, 0) is 397 Å². The zero-order chi connectivity index (χ0) is 99.6. The van der Waals surface area contributed by atoms with Crippen molar-refractivity contribution in [3.63, 3.8) is 0 Å². The van der Waals surface area contributed by atoms with Crippen molar-refractivity contribution in [2.24, 2.45) is 0 Å². The zero-order valence-corrected chi connectivity index (χ0v) is 84.6. The molecule has 0 saturated heterocycles. The van der Waals surface area contributed by atoms with E-state index in [0.717, 1.165) is 129 Å². The number of nitrogens with zero attached hydrogens (tertiary/aromatic N) is 4. The van der Waals surface area contributed by atoms with Gasteiger partial charge in [0, 0.05) is 68.2 Å². The van der Waals surface area contributed by atoms with Gasteiger partial charge in [0.05, 0.1) is 16.2 Å². The van der Waals surface area contributed by atoms with Crippen LogP contribution in [0.25, 0.3) is 55.6 Å². The van der Waals surface area contributed by atoms with Crippen LogP contribution in [-0.2, 0) is 71.0 Å². The van der Waals surface area contributed by atoms with Crippen LogP contribution in [0.1, 0.15) is 179 Å². The molecule has 26 rings (SSSR count). The second kappa shape index (κ2) is 34.9. The number of anilines is 12. The molecule has 0 fully saturated rings. The Morgan fingerprint density at radius 1 is 0.170 bits per heavy atom. The maximum atomic E-state index is 15.3. The largest absolute Gasteiger partial charge is 0.310 e. The van der Waals surface area contributed by atoms with Gasteiger partial charge in [0.25, 0.3) is 0 Å². The first-order chi connectivity index (χ1) is 71.5. The lowest BCUT2D eigenvalue weighted by atomic mass is 9.66. The molecule has 0 spiro atoms. The van der Waals surface area contributed by atoms with Crippen LogP contribution in [0.3, 0.4) is 0 Å². The standard InChI is InChI=1S/C141H114F2N4/c1-136(2,3)101-48-54-104(55-49-101)139(107-45-34-95-28-31-98(95)84-107)130-26-18-16-24-124(130)126-80-76-122(87-132(126)139)146(118-72-60-110(142)61-73-118)116-68-41-93(42-69-116)91-37-64-114(65-38-91)144(112-20-12-10-13-21-112)120-78-82-128-129-83-79-121(90-135(129)141(134(128)89-120,109-47-36-97-30-33-100(97)86-109)106-58-52-103(53-59-106)138(7,8)9)145(113-22-14-11-15-23-113)115-66-39-92(40-67-115)94-43-70-117(71-44-94)147(119-74-62-111(143)63-75-119)123-77-81-127-125-25-17-19-27-131(125)140(133(127)88-123,108-46-35-96-29-32-99(96)85-108)105-56-50-102(51-57-105)137(4,5)6/h10-27,34-90H,28-33H2,1-9H3. The van der Waals surface area contributed by atoms with Crippen molar-refractivity contribution >= 4 is 68.2 Å². The summed E-state index contributed by atoms with van der Waals surface area (Å²) in [5.41, 5.74) is 48.5. The second-order valence-corrected chi connectivity index (χ2v) is 44.3. The summed E-state index contributed by atoms with van der Waals surface area (Å²) >= 11 is 0. The molecule has 0 heterocycles. The van der Waals surface area contributed by atoms with E-state index in [2.05, 4.69) is 488 Å². The Labute approximate surface area is 863 Å². The summed E-state index contributed by atoms with van der Waals surface area (Å²) in [6.45, 7) is 20.7. The van der Waals surface area contributed by atoms with Crippen LogP contribution in [0.5, 0.6) is 0 Å². The lowest BCUT2D eigenvalue weighted by Gasteiger charge is -2.37. The molecule has 0 amide bonds. The van der Waals surface area contributed by atoms with Crippen LogP contribution in [0.15, 0.2) is 455 Å². The van der Waals surface area contributed by atoms with Gasteiger partial charge < -0.3 is 19.6 Å². The number of rotatable bonds is 20. The Morgan fingerprint density at radius 3 is 0.612 bits per heavy atom. The third kappa shape index (κ3) is 14.9. The quantitative estimate of drug-likeness (QED) is 0.0754. The van der Waals surface area contributed by atoms with Crippen molar-refractivity contribution in [2.45, 2.75) is 133 Å². The number of hydrogen-bond donors (Lipinski definition) is 0. The number of benzene rings is 20. The lowest BCUT2D eigenvalue weighted by Crippen LogP contribution is -2.30. The molecule has 6 heteroatoms. The normalized spacial score (nSPS) is 16.2. The minimum Gasteiger partial charge on any atom is -0.310 e. The molecule has 0 aliphatic heterocycles. The molecule has 0 N–H and O–H groups in total. The fourth-order valence-corrected chi connectivity index (χ4v) is 25.0. The summed E-state index contributed by atoms with van der Waals surface area (Å²) in [5, 5.41) is 0. The molecule has 20 aromatic carbocycles. The number of aryl methyl sites for hydroxylation is 6. The van der Waals surface area contributed by atoms with E-state index >= 15 is 8.78 Å². The van der Waals surface area contributed by atoms with Gasteiger partial charge >= 0.3 is 0 Å². The Balaban J connectivity index is 0.551. The minimum absolute atomic E-state index is 0.0213. The second-order valence-electron chi connectivity index (χ2n) is 44.3. The third-order valence-electron chi connectivity index (χ3n) is 33.0. The highest BCUT2D eigenvalue weighted by molar-refractivity contribution is 5.96. The smallest absolute Gasteiger partial charge is 0.123 e. The molecule has 147 heavy (non-hydrogen) atoms. The van der Waals surface area contributed by atoms with Gasteiger partial charge in [-0.2, -0.15) is 0 Å². The van der Waals surface area contributed by atoms with Crippen molar-refractivity contribution in [3.05, 3.63) is 583 Å². The van der Waals surface area contributed by atoms with Crippen LogP contribution in [0, 0.1) is 11.6 Å².